The van der Waals surface area contributed by atoms with Crippen LogP contribution in [0.4, 0.5) is 16.5 Å². The first-order chi connectivity index (χ1) is 17.5. The number of rotatable bonds is 8. The highest BCUT2D eigenvalue weighted by atomic mass is 32.1. The molecule has 4 heterocycles. The van der Waals surface area contributed by atoms with Gasteiger partial charge in [-0.1, -0.05) is 6.07 Å². The number of ether oxygens (including phenoxy) is 2. The minimum atomic E-state index is -0.336. The number of carbonyl (C=O) groups is 2. The zero-order chi connectivity index (χ0) is 25.1. The smallest absolute Gasteiger partial charge is 0.275 e. The molecule has 0 spiro atoms. The van der Waals surface area contributed by atoms with Crippen molar-refractivity contribution in [2.45, 2.75) is 13.5 Å². The van der Waals surface area contributed by atoms with Crippen LogP contribution in [0.5, 0.6) is 5.75 Å². The van der Waals surface area contributed by atoms with Gasteiger partial charge in [0.1, 0.15) is 18.1 Å². The van der Waals surface area contributed by atoms with Crippen molar-refractivity contribution in [1.29, 1.82) is 0 Å². The monoisotopic (exact) mass is 508 g/mol. The molecule has 1 aromatic carbocycles. The minimum absolute atomic E-state index is 0.160. The molecule has 0 unspecified atom stereocenters. The summed E-state index contributed by atoms with van der Waals surface area (Å²) in [4.78, 5) is 38.8. The number of nitrogens with zero attached hydrogens (tertiary/aromatic N) is 4. The van der Waals surface area contributed by atoms with Crippen LogP contribution in [0.3, 0.4) is 0 Å². The number of anilines is 3. The molecule has 0 bridgehead atoms. The number of aromatic nitrogens is 2. The summed E-state index contributed by atoms with van der Waals surface area (Å²) in [5.41, 5.74) is 4.21. The number of nitrogens with one attached hydrogen (secondary N) is 2. The number of hydrogen-bond acceptors (Lipinski definition) is 9. The van der Waals surface area contributed by atoms with Crippen molar-refractivity contribution in [3.8, 4) is 5.75 Å². The van der Waals surface area contributed by atoms with Gasteiger partial charge in [-0.15, -0.1) is 11.3 Å². The SMILES string of the molecule is COCCOc1ccc2c(c1)C(=O)N(c1nc(C(=O)Nc3cnc(C)cc3N3CCNCC3)cs1)C2. The highest BCUT2D eigenvalue weighted by Crippen LogP contribution is 2.33. The van der Waals surface area contributed by atoms with E-state index in [1.165, 1.54) is 11.3 Å². The Balaban J connectivity index is 1.29. The van der Waals surface area contributed by atoms with E-state index in [0.29, 0.717) is 41.9 Å². The maximum Gasteiger partial charge on any atom is 0.275 e. The van der Waals surface area contributed by atoms with Crippen LogP contribution < -0.4 is 25.2 Å². The molecule has 1 saturated heterocycles. The largest absolute Gasteiger partial charge is 0.491 e. The lowest BCUT2D eigenvalue weighted by Crippen LogP contribution is -2.43. The molecule has 188 valence electrons. The van der Waals surface area contributed by atoms with E-state index in [-0.39, 0.29) is 17.5 Å². The normalized spacial score (nSPS) is 15.2. The Morgan fingerprint density at radius 2 is 2.06 bits per heavy atom. The van der Waals surface area contributed by atoms with Crippen molar-refractivity contribution >= 4 is 39.7 Å². The van der Waals surface area contributed by atoms with Crippen LogP contribution in [-0.4, -0.2) is 68.3 Å². The average Bonchev–Trinajstić information content (AvgIpc) is 3.51. The molecule has 3 aromatic rings. The Bertz CT molecular complexity index is 1270. The molecule has 10 nitrogen and oxygen atoms in total. The Hall–Kier alpha value is -3.54. The van der Waals surface area contributed by atoms with Gasteiger partial charge in [0, 0.05) is 49.9 Å². The second-order valence-electron chi connectivity index (χ2n) is 8.60. The zero-order valence-corrected chi connectivity index (χ0v) is 21.1. The van der Waals surface area contributed by atoms with E-state index in [4.69, 9.17) is 9.47 Å². The summed E-state index contributed by atoms with van der Waals surface area (Å²) in [6.45, 7) is 6.68. The van der Waals surface area contributed by atoms with E-state index in [1.807, 2.05) is 25.1 Å². The maximum atomic E-state index is 13.1. The first-order valence-electron chi connectivity index (χ1n) is 11.8. The quantitative estimate of drug-likeness (QED) is 0.447. The summed E-state index contributed by atoms with van der Waals surface area (Å²) in [5, 5.41) is 8.46. The van der Waals surface area contributed by atoms with Crippen LogP contribution in [-0.2, 0) is 11.3 Å². The molecular formula is C25H28N6O4S. The summed E-state index contributed by atoms with van der Waals surface area (Å²) in [6, 6.07) is 7.47. The Morgan fingerprint density at radius 1 is 1.22 bits per heavy atom. The van der Waals surface area contributed by atoms with Crippen molar-refractivity contribution in [2.24, 2.45) is 0 Å². The highest BCUT2D eigenvalue weighted by molar-refractivity contribution is 7.14. The molecular weight excluding hydrogens is 480 g/mol. The molecule has 0 atom stereocenters. The number of thiazole rings is 1. The lowest BCUT2D eigenvalue weighted by molar-refractivity contribution is 0.0991. The first-order valence-corrected chi connectivity index (χ1v) is 12.7. The maximum absolute atomic E-state index is 13.1. The summed E-state index contributed by atoms with van der Waals surface area (Å²) in [5.74, 6) is 0.122. The van der Waals surface area contributed by atoms with Gasteiger partial charge in [-0.25, -0.2) is 4.98 Å². The predicted molar refractivity (Wildman–Crippen MR) is 138 cm³/mol. The number of hydrogen-bond donors (Lipinski definition) is 2. The molecule has 2 N–H and O–H groups in total. The van der Waals surface area contributed by atoms with E-state index in [1.54, 1.807) is 29.7 Å². The topological polar surface area (TPSA) is 109 Å². The van der Waals surface area contributed by atoms with E-state index in [2.05, 4.69) is 25.5 Å². The Labute approximate surface area is 213 Å². The lowest BCUT2D eigenvalue weighted by atomic mass is 10.1. The van der Waals surface area contributed by atoms with Gasteiger partial charge < -0.3 is 25.0 Å². The van der Waals surface area contributed by atoms with Gasteiger partial charge in [-0.05, 0) is 30.7 Å². The molecule has 0 aliphatic carbocycles. The first kappa shape index (κ1) is 24.2. The van der Waals surface area contributed by atoms with Gasteiger partial charge in [0.25, 0.3) is 11.8 Å². The molecule has 2 amide bonds. The average molecular weight is 509 g/mol. The van der Waals surface area contributed by atoms with E-state index >= 15 is 0 Å². The number of benzene rings is 1. The lowest BCUT2D eigenvalue weighted by Gasteiger charge is -2.31. The van der Waals surface area contributed by atoms with Crippen LogP contribution in [0.15, 0.2) is 35.8 Å². The molecule has 2 aromatic heterocycles. The molecule has 2 aliphatic heterocycles. The summed E-state index contributed by atoms with van der Waals surface area (Å²) in [7, 11) is 1.61. The van der Waals surface area contributed by atoms with Gasteiger partial charge in [0.2, 0.25) is 0 Å². The van der Waals surface area contributed by atoms with E-state index in [9.17, 15) is 9.59 Å². The summed E-state index contributed by atoms with van der Waals surface area (Å²) < 4.78 is 10.6. The van der Waals surface area contributed by atoms with E-state index in [0.717, 1.165) is 43.1 Å². The second-order valence-corrected chi connectivity index (χ2v) is 9.44. The summed E-state index contributed by atoms with van der Waals surface area (Å²) >= 11 is 1.27. The van der Waals surface area contributed by atoms with Crippen LogP contribution in [0.25, 0.3) is 0 Å². The Kier molecular flexibility index (Phi) is 7.12. The van der Waals surface area contributed by atoms with Gasteiger partial charge in [-0.3, -0.25) is 19.5 Å². The fourth-order valence-electron chi connectivity index (χ4n) is 4.26. The minimum Gasteiger partial charge on any atom is -0.491 e. The van der Waals surface area contributed by atoms with Crippen LogP contribution in [0.1, 0.15) is 32.1 Å². The highest BCUT2D eigenvalue weighted by Gasteiger charge is 2.31. The molecule has 2 aliphatic rings. The Morgan fingerprint density at radius 3 is 2.86 bits per heavy atom. The number of aryl methyl sites for hydroxylation is 1. The van der Waals surface area contributed by atoms with E-state index < -0.39 is 0 Å². The molecule has 0 saturated carbocycles. The molecule has 11 heteroatoms. The third-order valence-corrected chi connectivity index (χ3v) is 6.99. The molecule has 0 radical (unpaired) electrons. The van der Waals surface area contributed by atoms with Crippen molar-refractivity contribution in [3.63, 3.8) is 0 Å². The standard InChI is InChI=1S/C25H28N6O4S/c1-16-11-22(30-7-5-26-6-8-30)20(13-27-16)28-23(32)21-15-36-25(29-21)31-14-17-3-4-18(35-10-9-34-2)12-19(17)24(31)33/h3-4,11-13,15,26H,5-10,14H2,1-2H3,(H,28,32). The van der Waals surface area contributed by atoms with Gasteiger partial charge in [0.05, 0.1) is 30.7 Å². The third-order valence-electron chi connectivity index (χ3n) is 6.12. The fourth-order valence-corrected chi connectivity index (χ4v) is 5.06. The molecule has 1 fully saturated rings. The number of methoxy groups -OCH3 is 1. The van der Waals surface area contributed by atoms with Crippen LogP contribution >= 0.6 is 11.3 Å². The number of piperazine rings is 1. The van der Waals surface area contributed by atoms with Gasteiger partial charge in [-0.2, -0.15) is 0 Å². The van der Waals surface area contributed by atoms with Crippen molar-refractivity contribution in [3.05, 3.63) is 58.4 Å². The van der Waals surface area contributed by atoms with Crippen molar-refractivity contribution in [1.82, 2.24) is 15.3 Å². The van der Waals surface area contributed by atoms with Crippen molar-refractivity contribution in [2.75, 3.05) is 61.6 Å². The fraction of sp³-hybridized carbons (Fsp3) is 0.360. The zero-order valence-electron chi connectivity index (χ0n) is 20.2. The van der Waals surface area contributed by atoms with Gasteiger partial charge in [0.15, 0.2) is 5.13 Å². The predicted octanol–water partition coefficient (Wildman–Crippen LogP) is 2.69. The molecule has 36 heavy (non-hydrogen) atoms. The van der Waals surface area contributed by atoms with Crippen LogP contribution in [0.2, 0.25) is 0 Å². The number of amides is 2. The van der Waals surface area contributed by atoms with Gasteiger partial charge >= 0.3 is 0 Å². The molecule has 5 rings (SSSR count). The van der Waals surface area contributed by atoms with Crippen LogP contribution in [0, 0.1) is 6.92 Å². The summed E-state index contributed by atoms with van der Waals surface area (Å²) in [6.07, 6.45) is 1.69. The van der Waals surface area contributed by atoms with Crippen molar-refractivity contribution < 1.29 is 19.1 Å². The third kappa shape index (κ3) is 5.03. The number of pyridine rings is 1. The number of fused-ring (bicyclic) bond motifs is 1. The second kappa shape index (κ2) is 10.6. The number of carbonyl (C=O) groups excluding carboxylic acids is 2.